The van der Waals surface area contributed by atoms with Crippen molar-refractivity contribution in [3.05, 3.63) is 33.1 Å². The molecule has 3 heterocycles. The lowest BCUT2D eigenvalue weighted by molar-refractivity contribution is 0.0763. The molecule has 1 amide bonds. The third-order valence-corrected chi connectivity index (χ3v) is 5.27. The Morgan fingerprint density at radius 1 is 1.19 bits per heavy atom. The fraction of sp³-hybridized carbons (Fsp3) is 0.500. The van der Waals surface area contributed by atoms with Gasteiger partial charge in [-0.3, -0.25) is 9.59 Å². The topological polar surface area (TPSA) is 42.3 Å². The molecule has 3 rings (SSSR count). The lowest BCUT2D eigenvalue weighted by Crippen LogP contribution is -2.33. The van der Waals surface area contributed by atoms with Gasteiger partial charge in [0.1, 0.15) is 0 Å². The lowest BCUT2D eigenvalue weighted by Gasteiger charge is -2.20. The minimum atomic E-state index is -0.0741. The second-order valence-corrected chi connectivity index (χ2v) is 6.97. The highest BCUT2D eigenvalue weighted by Crippen LogP contribution is 2.29. The molecule has 21 heavy (non-hydrogen) atoms. The summed E-state index contributed by atoms with van der Waals surface area (Å²) in [5.74, 6) is 0.0314. The minimum absolute atomic E-state index is 0.0314. The number of aryl methyl sites for hydroxylation is 2. The van der Waals surface area contributed by atoms with E-state index in [1.165, 1.54) is 24.2 Å². The Balaban J connectivity index is 2.10. The van der Waals surface area contributed by atoms with Crippen molar-refractivity contribution in [2.75, 3.05) is 13.1 Å². The van der Waals surface area contributed by atoms with E-state index in [1.54, 1.807) is 17.8 Å². The van der Waals surface area contributed by atoms with Crippen molar-refractivity contribution in [1.82, 2.24) is 9.47 Å². The summed E-state index contributed by atoms with van der Waals surface area (Å²) in [5, 5.41) is 0.594. The predicted molar refractivity (Wildman–Crippen MR) is 86.2 cm³/mol. The molecule has 0 aromatic carbocycles. The summed E-state index contributed by atoms with van der Waals surface area (Å²) in [7, 11) is 1.73. The molecule has 0 aliphatic carbocycles. The molecule has 0 atom stereocenters. The Bertz CT molecular complexity index is 737. The van der Waals surface area contributed by atoms with Gasteiger partial charge >= 0.3 is 0 Å². The second kappa shape index (κ2) is 5.64. The van der Waals surface area contributed by atoms with Gasteiger partial charge in [0.15, 0.2) is 0 Å². The van der Waals surface area contributed by atoms with Crippen LogP contribution in [0.4, 0.5) is 0 Å². The highest BCUT2D eigenvalue weighted by atomic mass is 32.1. The van der Waals surface area contributed by atoms with Crippen LogP contribution in [-0.4, -0.2) is 28.5 Å². The predicted octanol–water partition coefficient (Wildman–Crippen LogP) is 2.92. The van der Waals surface area contributed by atoms with Crippen LogP contribution in [0.1, 0.15) is 40.9 Å². The Kier molecular flexibility index (Phi) is 3.85. The zero-order chi connectivity index (χ0) is 15.0. The Morgan fingerprint density at radius 2 is 1.86 bits per heavy atom. The molecule has 1 saturated heterocycles. The van der Waals surface area contributed by atoms with Crippen molar-refractivity contribution >= 4 is 27.3 Å². The van der Waals surface area contributed by atoms with Crippen molar-refractivity contribution in [3.8, 4) is 0 Å². The summed E-state index contributed by atoms with van der Waals surface area (Å²) in [4.78, 5) is 28.2. The van der Waals surface area contributed by atoms with Crippen LogP contribution in [0.25, 0.3) is 10.1 Å². The number of pyridine rings is 1. The molecule has 0 saturated carbocycles. The van der Waals surface area contributed by atoms with Crippen LogP contribution in [-0.2, 0) is 7.05 Å². The molecule has 0 spiro atoms. The molecule has 2 aromatic rings. The van der Waals surface area contributed by atoms with Crippen LogP contribution < -0.4 is 5.56 Å². The molecule has 0 radical (unpaired) electrons. The third-order valence-electron chi connectivity index (χ3n) is 4.20. The number of aromatic nitrogens is 1. The second-order valence-electron chi connectivity index (χ2n) is 5.71. The molecule has 2 aromatic heterocycles. The zero-order valence-electron chi connectivity index (χ0n) is 12.5. The van der Waals surface area contributed by atoms with E-state index in [4.69, 9.17) is 0 Å². The summed E-state index contributed by atoms with van der Waals surface area (Å²) in [5.41, 5.74) is 0.549. The van der Waals surface area contributed by atoms with Crippen LogP contribution in [0.2, 0.25) is 0 Å². The average molecular weight is 304 g/mol. The van der Waals surface area contributed by atoms with Gasteiger partial charge < -0.3 is 9.47 Å². The standard InChI is InChI=1S/C16H20N2O2S/c1-11-13(16(20)18-8-5-3-4-6-9-18)14-12(21-11)7-10-17(2)15(14)19/h7,10H,3-6,8-9H2,1-2H3. The largest absolute Gasteiger partial charge is 0.339 e. The van der Waals surface area contributed by atoms with Crippen LogP contribution in [0.15, 0.2) is 17.1 Å². The first-order valence-electron chi connectivity index (χ1n) is 7.47. The molecule has 0 N–H and O–H groups in total. The lowest BCUT2D eigenvalue weighted by atomic mass is 10.1. The van der Waals surface area contributed by atoms with E-state index >= 15 is 0 Å². The third kappa shape index (κ3) is 2.50. The van der Waals surface area contributed by atoms with Crippen molar-refractivity contribution in [1.29, 1.82) is 0 Å². The Labute approximate surface area is 128 Å². The minimum Gasteiger partial charge on any atom is -0.339 e. The van der Waals surface area contributed by atoms with Gasteiger partial charge in [0.25, 0.3) is 11.5 Å². The molecule has 1 fully saturated rings. The van der Waals surface area contributed by atoms with Crippen LogP contribution in [0.5, 0.6) is 0 Å². The van der Waals surface area contributed by atoms with Crippen LogP contribution >= 0.6 is 11.3 Å². The number of rotatable bonds is 1. The van der Waals surface area contributed by atoms with Gasteiger partial charge in [-0.2, -0.15) is 0 Å². The summed E-state index contributed by atoms with van der Waals surface area (Å²) in [6, 6.07) is 1.92. The van der Waals surface area contributed by atoms with Gasteiger partial charge in [-0.25, -0.2) is 0 Å². The fourth-order valence-corrected chi connectivity index (χ4v) is 4.05. The van der Waals surface area contributed by atoms with E-state index in [0.29, 0.717) is 10.9 Å². The zero-order valence-corrected chi connectivity index (χ0v) is 13.3. The van der Waals surface area contributed by atoms with Crippen LogP contribution in [0.3, 0.4) is 0 Å². The summed E-state index contributed by atoms with van der Waals surface area (Å²) < 4.78 is 2.46. The van der Waals surface area contributed by atoms with Crippen LogP contribution in [0, 0.1) is 6.92 Å². The van der Waals surface area contributed by atoms with E-state index in [-0.39, 0.29) is 11.5 Å². The van der Waals surface area contributed by atoms with Gasteiger partial charge in [-0.1, -0.05) is 12.8 Å². The van der Waals surface area contributed by atoms with Gasteiger partial charge in [0.05, 0.1) is 10.9 Å². The van der Waals surface area contributed by atoms with Crippen molar-refractivity contribution in [3.63, 3.8) is 0 Å². The number of amides is 1. The first-order chi connectivity index (χ1) is 10.1. The Hall–Kier alpha value is -1.62. The number of thiophene rings is 1. The van der Waals surface area contributed by atoms with E-state index < -0.39 is 0 Å². The maximum Gasteiger partial charge on any atom is 0.259 e. The first-order valence-corrected chi connectivity index (χ1v) is 8.29. The quantitative estimate of drug-likeness (QED) is 0.813. The number of hydrogen-bond donors (Lipinski definition) is 0. The fourth-order valence-electron chi connectivity index (χ4n) is 3.01. The van der Waals surface area contributed by atoms with Gasteiger partial charge in [0, 0.05) is 35.9 Å². The van der Waals surface area contributed by atoms with E-state index in [1.807, 2.05) is 17.9 Å². The molecule has 1 aliphatic heterocycles. The number of fused-ring (bicyclic) bond motifs is 1. The number of hydrogen-bond acceptors (Lipinski definition) is 3. The molecule has 112 valence electrons. The normalized spacial score (nSPS) is 16.2. The molecule has 0 bridgehead atoms. The summed E-state index contributed by atoms with van der Waals surface area (Å²) >= 11 is 1.54. The van der Waals surface area contributed by atoms with Gasteiger partial charge in [-0.15, -0.1) is 11.3 Å². The SMILES string of the molecule is Cc1sc2ccn(C)c(=O)c2c1C(=O)N1CCCCCC1. The average Bonchev–Trinajstić information content (AvgIpc) is 2.66. The van der Waals surface area contributed by atoms with Gasteiger partial charge in [-0.05, 0) is 25.8 Å². The Morgan fingerprint density at radius 3 is 2.52 bits per heavy atom. The molecule has 0 unspecified atom stereocenters. The maximum absolute atomic E-state index is 12.9. The van der Waals surface area contributed by atoms with Crippen molar-refractivity contribution in [2.45, 2.75) is 32.6 Å². The van der Waals surface area contributed by atoms with Gasteiger partial charge in [0.2, 0.25) is 0 Å². The van der Waals surface area contributed by atoms with Crippen molar-refractivity contribution < 1.29 is 4.79 Å². The highest BCUT2D eigenvalue weighted by molar-refractivity contribution is 7.19. The van der Waals surface area contributed by atoms with E-state index in [2.05, 4.69) is 0 Å². The molecule has 4 nitrogen and oxygen atoms in total. The van der Waals surface area contributed by atoms with E-state index in [9.17, 15) is 9.59 Å². The summed E-state index contributed by atoms with van der Waals surface area (Å²) in [6.07, 6.45) is 6.26. The van der Waals surface area contributed by atoms with E-state index in [0.717, 1.165) is 35.5 Å². The van der Waals surface area contributed by atoms with Crippen molar-refractivity contribution in [2.24, 2.45) is 7.05 Å². The number of nitrogens with zero attached hydrogens (tertiary/aromatic N) is 2. The highest BCUT2D eigenvalue weighted by Gasteiger charge is 2.24. The smallest absolute Gasteiger partial charge is 0.259 e. The molecule has 5 heteroatoms. The molecular weight excluding hydrogens is 284 g/mol. The number of likely N-dealkylation sites (tertiary alicyclic amines) is 1. The molecular formula is C16H20N2O2S. The monoisotopic (exact) mass is 304 g/mol. The number of carbonyl (C=O) groups excluding carboxylic acids is 1. The molecule has 1 aliphatic rings. The maximum atomic E-state index is 12.9. The summed E-state index contributed by atoms with van der Waals surface area (Å²) in [6.45, 7) is 3.56. The first kappa shape index (κ1) is 14.3. The number of carbonyl (C=O) groups is 1.